The molecule has 3 nitrogen and oxygen atoms in total. The van der Waals surface area contributed by atoms with Crippen molar-refractivity contribution < 1.29 is 9.90 Å². The van der Waals surface area contributed by atoms with Gasteiger partial charge in [-0.15, -0.1) is 6.58 Å². The zero-order valence-electron chi connectivity index (χ0n) is 8.78. The van der Waals surface area contributed by atoms with Gasteiger partial charge in [-0.1, -0.05) is 19.4 Å². The standard InChI is InChI=1S/C11H19NO2/c1-3-7-12(8-11(13)14)10-6-4-5-9(10)2/h3,9-10H,1,4-8H2,2H3,(H,13,14). The first-order chi connectivity index (χ1) is 6.65. The molecule has 1 rings (SSSR count). The lowest BCUT2D eigenvalue weighted by molar-refractivity contribution is -0.138. The molecule has 0 bridgehead atoms. The fourth-order valence-corrected chi connectivity index (χ4v) is 2.33. The summed E-state index contributed by atoms with van der Waals surface area (Å²) in [4.78, 5) is 12.7. The molecule has 0 heterocycles. The number of rotatable bonds is 5. The molecular formula is C11H19NO2. The zero-order valence-corrected chi connectivity index (χ0v) is 8.78. The van der Waals surface area contributed by atoms with Gasteiger partial charge in [0.1, 0.15) is 0 Å². The third-order valence-corrected chi connectivity index (χ3v) is 2.99. The summed E-state index contributed by atoms with van der Waals surface area (Å²) >= 11 is 0. The van der Waals surface area contributed by atoms with E-state index in [1.807, 2.05) is 4.90 Å². The van der Waals surface area contributed by atoms with Crippen LogP contribution in [0.4, 0.5) is 0 Å². The summed E-state index contributed by atoms with van der Waals surface area (Å²) < 4.78 is 0. The van der Waals surface area contributed by atoms with Crippen molar-refractivity contribution in [3.05, 3.63) is 12.7 Å². The average molecular weight is 197 g/mol. The van der Waals surface area contributed by atoms with Gasteiger partial charge in [0.25, 0.3) is 0 Å². The fourth-order valence-electron chi connectivity index (χ4n) is 2.33. The maximum Gasteiger partial charge on any atom is 0.317 e. The van der Waals surface area contributed by atoms with Crippen molar-refractivity contribution in [3.63, 3.8) is 0 Å². The van der Waals surface area contributed by atoms with Gasteiger partial charge in [-0.05, 0) is 18.8 Å². The summed E-state index contributed by atoms with van der Waals surface area (Å²) in [5.74, 6) is -0.125. The third kappa shape index (κ3) is 2.84. The van der Waals surface area contributed by atoms with Crippen molar-refractivity contribution in [2.45, 2.75) is 32.2 Å². The maximum atomic E-state index is 10.7. The number of nitrogens with zero attached hydrogens (tertiary/aromatic N) is 1. The first kappa shape index (κ1) is 11.2. The van der Waals surface area contributed by atoms with Crippen LogP contribution in [0, 0.1) is 5.92 Å². The van der Waals surface area contributed by atoms with Crippen LogP contribution < -0.4 is 0 Å². The summed E-state index contributed by atoms with van der Waals surface area (Å²) in [6, 6.07) is 0.434. The summed E-state index contributed by atoms with van der Waals surface area (Å²) in [7, 11) is 0. The molecule has 80 valence electrons. The smallest absolute Gasteiger partial charge is 0.317 e. The highest BCUT2D eigenvalue weighted by Crippen LogP contribution is 2.29. The van der Waals surface area contributed by atoms with E-state index in [0.717, 1.165) is 6.42 Å². The molecule has 1 aliphatic carbocycles. The third-order valence-electron chi connectivity index (χ3n) is 2.99. The zero-order chi connectivity index (χ0) is 10.6. The second kappa shape index (κ2) is 5.15. The van der Waals surface area contributed by atoms with Crippen LogP contribution in [0.25, 0.3) is 0 Å². The molecule has 14 heavy (non-hydrogen) atoms. The van der Waals surface area contributed by atoms with Crippen LogP contribution in [0.1, 0.15) is 26.2 Å². The molecule has 2 unspecified atom stereocenters. The van der Waals surface area contributed by atoms with Crippen LogP contribution in [0.5, 0.6) is 0 Å². The summed E-state index contributed by atoms with van der Waals surface area (Å²) in [5, 5.41) is 8.78. The van der Waals surface area contributed by atoms with Gasteiger partial charge in [0, 0.05) is 12.6 Å². The molecule has 0 aromatic heterocycles. The van der Waals surface area contributed by atoms with E-state index >= 15 is 0 Å². The van der Waals surface area contributed by atoms with Gasteiger partial charge in [0.15, 0.2) is 0 Å². The van der Waals surface area contributed by atoms with Gasteiger partial charge in [-0.2, -0.15) is 0 Å². The largest absolute Gasteiger partial charge is 0.480 e. The van der Waals surface area contributed by atoms with Crippen molar-refractivity contribution in [2.24, 2.45) is 5.92 Å². The molecule has 2 atom stereocenters. The highest BCUT2D eigenvalue weighted by molar-refractivity contribution is 5.69. The second-order valence-corrected chi connectivity index (χ2v) is 4.09. The summed E-state index contributed by atoms with van der Waals surface area (Å²) in [6.07, 6.45) is 5.35. The SMILES string of the molecule is C=CCN(CC(=O)O)C1CCCC1C. The van der Waals surface area contributed by atoms with Gasteiger partial charge >= 0.3 is 5.97 Å². The number of aliphatic carboxylic acids is 1. The average Bonchev–Trinajstić information content (AvgIpc) is 2.50. The lowest BCUT2D eigenvalue weighted by Crippen LogP contribution is -2.40. The minimum Gasteiger partial charge on any atom is -0.480 e. The van der Waals surface area contributed by atoms with Gasteiger partial charge in [0.05, 0.1) is 6.54 Å². The molecule has 0 amide bonds. The Kier molecular flexibility index (Phi) is 4.14. The molecule has 3 heteroatoms. The highest BCUT2D eigenvalue weighted by atomic mass is 16.4. The maximum absolute atomic E-state index is 10.7. The number of hydrogen-bond donors (Lipinski definition) is 1. The van der Waals surface area contributed by atoms with Crippen molar-refractivity contribution in [2.75, 3.05) is 13.1 Å². The normalized spacial score (nSPS) is 26.7. The molecule has 0 aliphatic heterocycles. The minimum atomic E-state index is -0.744. The number of carboxylic acid groups (broad SMARTS) is 1. The molecule has 0 aromatic carbocycles. The van der Waals surface area contributed by atoms with Crippen LogP contribution >= 0.6 is 0 Å². The Hall–Kier alpha value is -0.830. The Balaban J connectivity index is 2.56. The van der Waals surface area contributed by atoms with E-state index in [-0.39, 0.29) is 6.54 Å². The highest BCUT2D eigenvalue weighted by Gasteiger charge is 2.29. The Morgan fingerprint density at radius 3 is 2.79 bits per heavy atom. The van der Waals surface area contributed by atoms with Gasteiger partial charge in [-0.3, -0.25) is 9.69 Å². The number of hydrogen-bond acceptors (Lipinski definition) is 2. The fraction of sp³-hybridized carbons (Fsp3) is 0.727. The van der Waals surface area contributed by atoms with E-state index in [4.69, 9.17) is 5.11 Å². The van der Waals surface area contributed by atoms with E-state index in [9.17, 15) is 4.79 Å². The molecule has 1 aliphatic rings. The summed E-state index contributed by atoms with van der Waals surface area (Å²) in [6.45, 7) is 6.70. The van der Waals surface area contributed by atoms with E-state index in [1.54, 1.807) is 6.08 Å². The first-order valence-corrected chi connectivity index (χ1v) is 5.22. The lowest BCUT2D eigenvalue weighted by Gasteiger charge is -2.29. The summed E-state index contributed by atoms with van der Waals surface area (Å²) in [5.41, 5.74) is 0. The van der Waals surface area contributed by atoms with E-state index in [2.05, 4.69) is 13.5 Å². The van der Waals surface area contributed by atoms with Crippen LogP contribution in [-0.4, -0.2) is 35.1 Å². The van der Waals surface area contributed by atoms with Crippen molar-refractivity contribution in [3.8, 4) is 0 Å². The Morgan fingerprint density at radius 1 is 1.64 bits per heavy atom. The molecule has 0 saturated heterocycles. The first-order valence-electron chi connectivity index (χ1n) is 5.22. The number of carbonyl (C=O) groups is 1. The Morgan fingerprint density at radius 2 is 2.36 bits per heavy atom. The molecule has 0 radical (unpaired) electrons. The van der Waals surface area contributed by atoms with Gasteiger partial charge < -0.3 is 5.11 Å². The van der Waals surface area contributed by atoms with E-state index in [0.29, 0.717) is 18.5 Å². The molecule has 1 fully saturated rings. The predicted octanol–water partition coefficient (Wildman–Crippen LogP) is 1.75. The van der Waals surface area contributed by atoms with Crippen LogP contribution in [0.15, 0.2) is 12.7 Å². The topological polar surface area (TPSA) is 40.5 Å². The van der Waals surface area contributed by atoms with Crippen molar-refractivity contribution >= 4 is 5.97 Å². The van der Waals surface area contributed by atoms with Crippen molar-refractivity contribution in [1.82, 2.24) is 4.90 Å². The minimum absolute atomic E-state index is 0.140. The molecular weight excluding hydrogens is 178 g/mol. The van der Waals surface area contributed by atoms with Crippen molar-refractivity contribution in [1.29, 1.82) is 0 Å². The quantitative estimate of drug-likeness (QED) is 0.682. The van der Waals surface area contributed by atoms with Crippen LogP contribution in [0.2, 0.25) is 0 Å². The molecule has 1 N–H and O–H groups in total. The second-order valence-electron chi connectivity index (χ2n) is 4.09. The van der Waals surface area contributed by atoms with Crippen LogP contribution in [0.3, 0.4) is 0 Å². The molecule has 0 spiro atoms. The Bertz CT molecular complexity index is 215. The Labute approximate surface area is 85.4 Å². The molecule has 1 saturated carbocycles. The predicted molar refractivity (Wildman–Crippen MR) is 56.2 cm³/mol. The van der Waals surface area contributed by atoms with Crippen LogP contribution in [-0.2, 0) is 4.79 Å². The van der Waals surface area contributed by atoms with Gasteiger partial charge in [0.2, 0.25) is 0 Å². The lowest BCUT2D eigenvalue weighted by atomic mass is 10.0. The van der Waals surface area contributed by atoms with E-state index < -0.39 is 5.97 Å². The number of carboxylic acids is 1. The van der Waals surface area contributed by atoms with Gasteiger partial charge in [-0.25, -0.2) is 0 Å². The van der Waals surface area contributed by atoms with E-state index in [1.165, 1.54) is 12.8 Å². The monoisotopic (exact) mass is 197 g/mol. The molecule has 0 aromatic rings.